The summed E-state index contributed by atoms with van der Waals surface area (Å²) in [5, 5.41) is 7.43. The van der Waals surface area contributed by atoms with Crippen molar-refractivity contribution in [2.45, 2.75) is 44.6 Å². The molecular formula is C22H25ClN4O4S2. The molecule has 11 heteroatoms. The molecule has 8 nitrogen and oxygen atoms in total. The SMILES string of the molecule is CCc1nc(-c2cc(S(=O)(=O)N3CCC[C@@H](C(=O)NCc4ccccc4Cl)C3)c(C)s2)no1. The number of rotatable bonds is 7. The van der Waals surface area contributed by atoms with Crippen LogP contribution in [0.3, 0.4) is 0 Å². The Morgan fingerprint density at radius 2 is 2.15 bits per heavy atom. The van der Waals surface area contributed by atoms with Crippen molar-refractivity contribution in [2.75, 3.05) is 13.1 Å². The molecule has 1 fully saturated rings. The van der Waals surface area contributed by atoms with E-state index in [0.29, 0.717) is 58.8 Å². The Hall–Kier alpha value is -2.27. The van der Waals surface area contributed by atoms with Crippen LogP contribution in [0.15, 0.2) is 39.8 Å². The summed E-state index contributed by atoms with van der Waals surface area (Å²) in [5.41, 5.74) is 0.821. The average Bonchev–Trinajstić information content (AvgIpc) is 3.45. The molecule has 0 unspecified atom stereocenters. The van der Waals surface area contributed by atoms with Crippen LogP contribution in [0.4, 0.5) is 0 Å². The van der Waals surface area contributed by atoms with Gasteiger partial charge < -0.3 is 9.84 Å². The Morgan fingerprint density at radius 3 is 2.88 bits per heavy atom. The van der Waals surface area contributed by atoms with Crippen LogP contribution >= 0.6 is 22.9 Å². The van der Waals surface area contributed by atoms with Crippen molar-refractivity contribution in [1.29, 1.82) is 0 Å². The van der Waals surface area contributed by atoms with Gasteiger partial charge in [0.2, 0.25) is 27.6 Å². The summed E-state index contributed by atoms with van der Waals surface area (Å²) in [7, 11) is -3.76. The van der Waals surface area contributed by atoms with Crippen LogP contribution in [0.5, 0.6) is 0 Å². The van der Waals surface area contributed by atoms with Gasteiger partial charge in [0.1, 0.15) is 0 Å². The summed E-state index contributed by atoms with van der Waals surface area (Å²) in [6.07, 6.45) is 1.86. The quantitative estimate of drug-likeness (QED) is 0.516. The van der Waals surface area contributed by atoms with Crippen molar-refractivity contribution in [2.24, 2.45) is 5.92 Å². The van der Waals surface area contributed by atoms with Gasteiger partial charge >= 0.3 is 0 Å². The first kappa shape index (κ1) is 23.9. The summed E-state index contributed by atoms with van der Waals surface area (Å²) in [6.45, 7) is 4.50. The van der Waals surface area contributed by atoms with E-state index in [1.54, 1.807) is 19.1 Å². The van der Waals surface area contributed by atoms with E-state index in [4.69, 9.17) is 16.1 Å². The number of hydrogen-bond donors (Lipinski definition) is 1. The Kier molecular flexibility index (Phi) is 7.18. The average molecular weight is 509 g/mol. The van der Waals surface area contributed by atoms with Gasteiger partial charge in [0.15, 0.2) is 0 Å². The van der Waals surface area contributed by atoms with Crippen LogP contribution in [0.2, 0.25) is 5.02 Å². The second-order valence-corrected chi connectivity index (χ2v) is 11.5. The van der Waals surface area contributed by atoms with Gasteiger partial charge in [-0.1, -0.05) is 41.9 Å². The molecule has 1 aromatic carbocycles. The van der Waals surface area contributed by atoms with Gasteiger partial charge in [0.25, 0.3) is 0 Å². The number of benzene rings is 1. The molecule has 1 aliphatic heterocycles. The third-order valence-electron chi connectivity index (χ3n) is 5.65. The summed E-state index contributed by atoms with van der Waals surface area (Å²) in [5.74, 6) is 0.300. The number of nitrogens with zero attached hydrogens (tertiary/aromatic N) is 3. The van der Waals surface area contributed by atoms with E-state index in [0.717, 1.165) is 5.56 Å². The van der Waals surface area contributed by atoms with Crippen LogP contribution in [0, 0.1) is 12.8 Å². The van der Waals surface area contributed by atoms with Gasteiger partial charge in [-0.15, -0.1) is 11.3 Å². The predicted octanol–water partition coefficient (Wildman–Crippen LogP) is 4.04. The number of nitrogens with one attached hydrogen (secondary N) is 1. The number of carbonyl (C=O) groups excluding carboxylic acids is 1. The van der Waals surface area contributed by atoms with Crippen LogP contribution in [-0.4, -0.2) is 41.9 Å². The van der Waals surface area contributed by atoms with E-state index in [1.165, 1.54) is 15.6 Å². The van der Waals surface area contributed by atoms with Crippen molar-refractivity contribution in [1.82, 2.24) is 19.8 Å². The summed E-state index contributed by atoms with van der Waals surface area (Å²) >= 11 is 7.48. The highest BCUT2D eigenvalue weighted by atomic mass is 35.5. The lowest BCUT2D eigenvalue weighted by molar-refractivity contribution is -0.126. The zero-order valence-electron chi connectivity index (χ0n) is 18.4. The number of carbonyl (C=O) groups is 1. The minimum atomic E-state index is -3.76. The number of amides is 1. The van der Waals surface area contributed by atoms with Gasteiger partial charge in [-0.05, 0) is 37.5 Å². The van der Waals surface area contributed by atoms with Gasteiger partial charge in [-0.25, -0.2) is 8.42 Å². The Balaban J connectivity index is 1.47. The van der Waals surface area contributed by atoms with Crippen molar-refractivity contribution >= 4 is 38.9 Å². The maximum atomic E-state index is 13.4. The molecule has 1 N–H and O–H groups in total. The molecule has 0 aliphatic carbocycles. The molecule has 2 aromatic heterocycles. The number of thiophene rings is 1. The largest absolute Gasteiger partial charge is 0.352 e. The smallest absolute Gasteiger partial charge is 0.244 e. The second kappa shape index (κ2) is 9.92. The maximum absolute atomic E-state index is 13.4. The minimum absolute atomic E-state index is 0.142. The van der Waals surface area contributed by atoms with Gasteiger partial charge in [-0.3, -0.25) is 4.79 Å². The van der Waals surface area contributed by atoms with E-state index < -0.39 is 15.9 Å². The van der Waals surface area contributed by atoms with Crippen LogP contribution < -0.4 is 5.32 Å². The normalized spacial score (nSPS) is 17.2. The molecule has 33 heavy (non-hydrogen) atoms. The molecule has 0 bridgehead atoms. The zero-order valence-corrected chi connectivity index (χ0v) is 20.8. The van der Waals surface area contributed by atoms with Crippen molar-refractivity contribution in [3.63, 3.8) is 0 Å². The van der Waals surface area contributed by atoms with E-state index in [2.05, 4.69) is 15.5 Å². The number of hydrogen-bond acceptors (Lipinski definition) is 7. The number of halogens is 1. The first-order valence-corrected chi connectivity index (χ1v) is 13.4. The Bertz CT molecular complexity index is 1250. The van der Waals surface area contributed by atoms with E-state index in [1.807, 2.05) is 25.1 Å². The third kappa shape index (κ3) is 5.13. The van der Waals surface area contributed by atoms with Crippen LogP contribution in [0.1, 0.15) is 36.1 Å². The minimum Gasteiger partial charge on any atom is -0.352 e. The summed E-state index contributed by atoms with van der Waals surface area (Å²) in [6, 6.07) is 8.91. The lowest BCUT2D eigenvalue weighted by Crippen LogP contribution is -2.45. The van der Waals surface area contributed by atoms with Crippen LogP contribution in [0.25, 0.3) is 10.7 Å². The first-order chi connectivity index (χ1) is 15.8. The topological polar surface area (TPSA) is 105 Å². The predicted molar refractivity (Wildman–Crippen MR) is 127 cm³/mol. The highest BCUT2D eigenvalue weighted by Gasteiger charge is 2.35. The number of aryl methyl sites for hydroxylation is 2. The lowest BCUT2D eigenvalue weighted by Gasteiger charge is -2.31. The molecule has 1 atom stereocenters. The molecule has 0 radical (unpaired) electrons. The van der Waals surface area contributed by atoms with Crippen LogP contribution in [-0.2, 0) is 27.8 Å². The van der Waals surface area contributed by atoms with Crippen molar-refractivity contribution < 1.29 is 17.7 Å². The van der Waals surface area contributed by atoms with E-state index in [-0.39, 0.29) is 17.3 Å². The summed E-state index contributed by atoms with van der Waals surface area (Å²) in [4.78, 5) is 18.6. The molecule has 1 aliphatic rings. The maximum Gasteiger partial charge on any atom is 0.244 e. The van der Waals surface area contributed by atoms with E-state index in [9.17, 15) is 13.2 Å². The molecule has 176 valence electrons. The summed E-state index contributed by atoms with van der Waals surface area (Å²) < 4.78 is 33.4. The molecule has 3 heterocycles. The molecule has 4 rings (SSSR count). The highest BCUT2D eigenvalue weighted by Crippen LogP contribution is 2.35. The number of sulfonamides is 1. The third-order valence-corrected chi connectivity index (χ3v) is 9.18. The fourth-order valence-electron chi connectivity index (χ4n) is 3.81. The van der Waals surface area contributed by atoms with E-state index >= 15 is 0 Å². The van der Waals surface area contributed by atoms with Gasteiger partial charge in [0, 0.05) is 36.0 Å². The Labute approximate surface area is 202 Å². The standard InChI is InChI=1S/C22H25ClN4O4S2/c1-3-20-25-21(26-31-20)18-11-19(14(2)32-18)33(29,30)27-10-6-8-16(13-27)22(28)24-12-15-7-4-5-9-17(15)23/h4-5,7,9,11,16H,3,6,8,10,12-13H2,1-2H3,(H,24,28)/t16-/m1/s1. The molecule has 0 saturated carbocycles. The number of piperidine rings is 1. The molecule has 1 saturated heterocycles. The molecule has 0 spiro atoms. The zero-order chi connectivity index (χ0) is 23.6. The second-order valence-electron chi connectivity index (χ2n) is 7.91. The number of aromatic nitrogens is 2. The Morgan fingerprint density at radius 1 is 1.36 bits per heavy atom. The van der Waals surface area contributed by atoms with Crippen molar-refractivity contribution in [3.8, 4) is 10.7 Å². The molecular weight excluding hydrogens is 484 g/mol. The van der Waals surface area contributed by atoms with Crippen molar-refractivity contribution in [3.05, 3.63) is 51.7 Å². The fourth-order valence-corrected chi connectivity index (χ4v) is 7.02. The molecule has 1 amide bonds. The van der Waals surface area contributed by atoms with Gasteiger partial charge in [0.05, 0.1) is 15.7 Å². The fraction of sp³-hybridized carbons (Fsp3) is 0.409. The highest BCUT2D eigenvalue weighted by molar-refractivity contribution is 7.89. The van der Waals surface area contributed by atoms with Gasteiger partial charge in [-0.2, -0.15) is 9.29 Å². The molecule has 3 aromatic rings. The first-order valence-electron chi connectivity index (χ1n) is 10.7. The lowest BCUT2D eigenvalue weighted by atomic mass is 9.99. The monoisotopic (exact) mass is 508 g/mol.